The van der Waals surface area contributed by atoms with Gasteiger partial charge in [-0.05, 0) is 61.5 Å². The molecule has 0 spiro atoms. The highest BCUT2D eigenvalue weighted by Gasteiger charge is 2.14. The standard InChI is InChI=1S/C21H17ClN4O2/c1-3-28-18-10-4-14(5-11-18)20-15(12-19(24-2)21(23)27)13-26(25-20)17-8-6-16(22)7-9-17/h4-13H,3H2,1H3,(H2,23,27)/b19-12+. The SMILES string of the molecule is [C-]#[N+]/C(=C/c1cn(-c2ccc(Cl)cc2)nc1-c1ccc(OCC)cc1)C(N)=O. The summed E-state index contributed by atoms with van der Waals surface area (Å²) >= 11 is 5.96. The largest absolute Gasteiger partial charge is 0.494 e. The van der Waals surface area contributed by atoms with E-state index in [0.29, 0.717) is 22.9 Å². The van der Waals surface area contributed by atoms with E-state index in [9.17, 15) is 4.79 Å². The Morgan fingerprint density at radius 1 is 1.25 bits per heavy atom. The molecule has 0 saturated carbocycles. The third-order valence-electron chi connectivity index (χ3n) is 3.94. The molecule has 28 heavy (non-hydrogen) atoms. The number of aromatic nitrogens is 2. The fraction of sp³-hybridized carbons (Fsp3) is 0.0952. The number of benzene rings is 2. The number of nitrogens with two attached hydrogens (primary N) is 1. The molecule has 0 aliphatic heterocycles. The summed E-state index contributed by atoms with van der Waals surface area (Å²) in [6.07, 6.45) is 3.18. The molecule has 0 aliphatic rings. The Balaban J connectivity index is 2.11. The zero-order valence-electron chi connectivity index (χ0n) is 15.1. The van der Waals surface area contributed by atoms with E-state index in [4.69, 9.17) is 28.6 Å². The van der Waals surface area contributed by atoms with Crippen LogP contribution >= 0.6 is 11.6 Å². The van der Waals surface area contributed by atoms with Crippen LogP contribution in [0.15, 0.2) is 60.4 Å². The van der Waals surface area contributed by atoms with Crippen molar-refractivity contribution in [3.05, 3.63) is 82.4 Å². The van der Waals surface area contributed by atoms with E-state index in [0.717, 1.165) is 17.0 Å². The smallest absolute Gasteiger partial charge is 0.250 e. The van der Waals surface area contributed by atoms with Crippen molar-refractivity contribution < 1.29 is 9.53 Å². The predicted molar refractivity (Wildman–Crippen MR) is 109 cm³/mol. The minimum absolute atomic E-state index is 0.164. The molecule has 1 heterocycles. The molecular weight excluding hydrogens is 376 g/mol. The lowest BCUT2D eigenvalue weighted by Crippen LogP contribution is -2.11. The van der Waals surface area contributed by atoms with Crippen LogP contribution in [0.3, 0.4) is 0 Å². The number of amides is 1. The molecule has 0 aliphatic carbocycles. The van der Waals surface area contributed by atoms with Crippen LogP contribution in [0.5, 0.6) is 5.75 Å². The molecule has 1 amide bonds. The van der Waals surface area contributed by atoms with E-state index < -0.39 is 5.91 Å². The van der Waals surface area contributed by atoms with Crippen molar-refractivity contribution in [2.75, 3.05) is 6.61 Å². The first kappa shape index (κ1) is 19.2. The van der Waals surface area contributed by atoms with Gasteiger partial charge in [0.1, 0.15) is 5.75 Å². The zero-order chi connectivity index (χ0) is 20.1. The Kier molecular flexibility index (Phi) is 5.78. The summed E-state index contributed by atoms with van der Waals surface area (Å²) in [6.45, 7) is 9.67. The van der Waals surface area contributed by atoms with E-state index in [-0.39, 0.29) is 5.70 Å². The molecule has 0 unspecified atom stereocenters. The fourth-order valence-electron chi connectivity index (χ4n) is 2.62. The second-order valence-corrected chi connectivity index (χ2v) is 6.25. The summed E-state index contributed by atoms with van der Waals surface area (Å²) in [4.78, 5) is 14.7. The van der Waals surface area contributed by atoms with E-state index in [1.54, 1.807) is 23.0 Å². The van der Waals surface area contributed by atoms with Crippen LogP contribution in [0.2, 0.25) is 5.02 Å². The Hall–Kier alpha value is -3.56. The van der Waals surface area contributed by atoms with Crippen LogP contribution in [-0.4, -0.2) is 22.3 Å². The maximum Gasteiger partial charge on any atom is 0.250 e. The molecule has 0 fully saturated rings. The van der Waals surface area contributed by atoms with Gasteiger partial charge in [-0.2, -0.15) is 5.10 Å². The fourth-order valence-corrected chi connectivity index (χ4v) is 2.75. The Labute approximate surface area is 167 Å². The first-order chi connectivity index (χ1) is 13.5. The van der Waals surface area contributed by atoms with Crippen LogP contribution in [-0.2, 0) is 4.79 Å². The average Bonchev–Trinajstić information content (AvgIpc) is 3.11. The van der Waals surface area contributed by atoms with Gasteiger partial charge >= 0.3 is 0 Å². The Morgan fingerprint density at radius 3 is 2.50 bits per heavy atom. The van der Waals surface area contributed by atoms with E-state index in [1.807, 2.05) is 43.3 Å². The minimum atomic E-state index is -0.785. The normalized spacial score (nSPS) is 11.1. The highest BCUT2D eigenvalue weighted by Crippen LogP contribution is 2.28. The number of rotatable bonds is 6. The van der Waals surface area contributed by atoms with E-state index >= 15 is 0 Å². The van der Waals surface area contributed by atoms with Gasteiger partial charge in [0.2, 0.25) is 5.91 Å². The van der Waals surface area contributed by atoms with Crippen molar-refractivity contribution in [2.24, 2.45) is 5.73 Å². The summed E-state index contributed by atoms with van der Waals surface area (Å²) in [5.74, 6) is -0.0358. The molecule has 2 N–H and O–H groups in total. The average molecular weight is 393 g/mol. The molecule has 3 rings (SSSR count). The van der Waals surface area contributed by atoms with Gasteiger partial charge in [0.15, 0.2) is 0 Å². The van der Waals surface area contributed by atoms with Gasteiger partial charge in [-0.1, -0.05) is 11.6 Å². The van der Waals surface area contributed by atoms with Gasteiger partial charge in [0.05, 0.1) is 24.6 Å². The quantitative estimate of drug-likeness (QED) is 0.501. The van der Waals surface area contributed by atoms with Crippen LogP contribution in [0.1, 0.15) is 12.5 Å². The van der Waals surface area contributed by atoms with Crippen LogP contribution < -0.4 is 10.5 Å². The maximum absolute atomic E-state index is 11.5. The van der Waals surface area contributed by atoms with E-state index in [1.165, 1.54) is 6.08 Å². The van der Waals surface area contributed by atoms with Crippen LogP contribution in [0.25, 0.3) is 27.9 Å². The molecule has 0 atom stereocenters. The molecule has 1 aromatic heterocycles. The number of halogens is 1. The summed E-state index contributed by atoms with van der Waals surface area (Å²) < 4.78 is 7.14. The van der Waals surface area contributed by atoms with Gasteiger partial charge in [-0.25, -0.2) is 9.53 Å². The summed E-state index contributed by atoms with van der Waals surface area (Å²) in [5, 5.41) is 5.25. The number of carbonyl (C=O) groups excluding carboxylic acids is 1. The summed E-state index contributed by atoms with van der Waals surface area (Å²) in [6, 6.07) is 14.6. The molecule has 3 aromatic rings. The first-order valence-corrected chi connectivity index (χ1v) is 8.87. The zero-order valence-corrected chi connectivity index (χ0v) is 15.8. The number of hydrogen-bond donors (Lipinski definition) is 1. The van der Waals surface area contributed by atoms with Crippen LogP contribution in [0.4, 0.5) is 0 Å². The number of primary amides is 1. The van der Waals surface area contributed by atoms with Crippen molar-refractivity contribution in [1.82, 2.24) is 9.78 Å². The Bertz CT molecular complexity index is 1060. The molecule has 6 nitrogen and oxygen atoms in total. The molecule has 2 aromatic carbocycles. The number of hydrogen-bond acceptors (Lipinski definition) is 3. The molecule has 0 bridgehead atoms. The molecular formula is C21H17ClN4O2. The van der Waals surface area contributed by atoms with Crippen molar-refractivity contribution in [1.29, 1.82) is 0 Å². The first-order valence-electron chi connectivity index (χ1n) is 8.49. The van der Waals surface area contributed by atoms with Crippen LogP contribution in [0, 0.1) is 6.57 Å². The molecule has 0 saturated heterocycles. The van der Waals surface area contributed by atoms with Gasteiger partial charge < -0.3 is 10.5 Å². The highest BCUT2D eigenvalue weighted by atomic mass is 35.5. The Morgan fingerprint density at radius 2 is 1.93 bits per heavy atom. The molecule has 0 radical (unpaired) electrons. The van der Waals surface area contributed by atoms with Crippen molar-refractivity contribution >= 4 is 23.6 Å². The van der Waals surface area contributed by atoms with Gasteiger partial charge in [0, 0.05) is 22.3 Å². The maximum atomic E-state index is 11.5. The number of nitrogens with zero attached hydrogens (tertiary/aromatic N) is 3. The van der Waals surface area contributed by atoms with Crippen molar-refractivity contribution in [3.63, 3.8) is 0 Å². The third kappa shape index (κ3) is 4.22. The van der Waals surface area contributed by atoms with E-state index in [2.05, 4.69) is 9.94 Å². The van der Waals surface area contributed by atoms with Gasteiger partial charge in [-0.3, -0.25) is 4.79 Å². The molecule has 7 heteroatoms. The minimum Gasteiger partial charge on any atom is -0.494 e. The topological polar surface area (TPSA) is 74.5 Å². The molecule has 140 valence electrons. The number of carbonyl (C=O) groups is 1. The number of ether oxygens (including phenoxy) is 1. The monoisotopic (exact) mass is 392 g/mol. The highest BCUT2D eigenvalue weighted by molar-refractivity contribution is 6.30. The van der Waals surface area contributed by atoms with Gasteiger partial charge in [0.25, 0.3) is 5.70 Å². The lowest BCUT2D eigenvalue weighted by Gasteiger charge is -2.04. The second kappa shape index (κ2) is 8.42. The lowest BCUT2D eigenvalue weighted by molar-refractivity contribution is -0.114. The second-order valence-electron chi connectivity index (χ2n) is 5.82. The lowest BCUT2D eigenvalue weighted by atomic mass is 10.1. The summed E-state index contributed by atoms with van der Waals surface area (Å²) in [5.41, 5.74) is 7.95. The summed E-state index contributed by atoms with van der Waals surface area (Å²) in [7, 11) is 0. The predicted octanol–water partition coefficient (Wildman–Crippen LogP) is 4.34. The van der Waals surface area contributed by atoms with Crippen molar-refractivity contribution in [3.8, 4) is 22.7 Å². The van der Waals surface area contributed by atoms with Gasteiger partial charge in [-0.15, -0.1) is 0 Å². The third-order valence-corrected chi connectivity index (χ3v) is 4.19. The van der Waals surface area contributed by atoms with Crippen molar-refractivity contribution in [2.45, 2.75) is 6.92 Å².